The highest BCUT2D eigenvalue weighted by Crippen LogP contribution is 2.22. The SMILES string of the molecule is CN(c1ccccc1)C1CCN(CC(C)(C)O)CC1. The van der Waals surface area contributed by atoms with Gasteiger partial charge in [0.15, 0.2) is 0 Å². The van der Waals surface area contributed by atoms with Gasteiger partial charge in [-0.05, 0) is 38.8 Å². The minimum Gasteiger partial charge on any atom is -0.389 e. The van der Waals surface area contributed by atoms with E-state index in [9.17, 15) is 5.11 Å². The van der Waals surface area contributed by atoms with Gasteiger partial charge >= 0.3 is 0 Å². The van der Waals surface area contributed by atoms with Crippen molar-refractivity contribution in [3.05, 3.63) is 30.3 Å². The van der Waals surface area contributed by atoms with E-state index in [-0.39, 0.29) is 0 Å². The van der Waals surface area contributed by atoms with Crippen molar-refractivity contribution in [2.45, 2.75) is 38.3 Å². The Bertz CT molecular complexity index is 377. The predicted molar refractivity (Wildman–Crippen MR) is 80.6 cm³/mol. The van der Waals surface area contributed by atoms with Crippen molar-refractivity contribution in [1.82, 2.24) is 4.90 Å². The van der Waals surface area contributed by atoms with Crippen LogP contribution in [0.4, 0.5) is 5.69 Å². The number of hydrogen-bond donors (Lipinski definition) is 1. The largest absolute Gasteiger partial charge is 0.389 e. The van der Waals surface area contributed by atoms with Crippen LogP contribution in [0.1, 0.15) is 26.7 Å². The normalized spacial score (nSPS) is 18.5. The molecule has 0 saturated carbocycles. The smallest absolute Gasteiger partial charge is 0.0718 e. The Morgan fingerprint density at radius 2 is 1.79 bits per heavy atom. The maximum atomic E-state index is 9.87. The highest BCUT2D eigenvalue weighted by atomic mass is 16.3. The fraction of sp³-hybridized carbons (Fsp3) is 0.625. The second-order valence-electron chi connectivity index (χ2n) is 6.27. The van der Waals surface area contributed by atoms with Crippen molar-refractivity contribution in [3.63, 3.8) is 0 Å². The predicted octanol–water partition coefficient (Wildman–Crippen LogP) is 2.36. The van der Waals surface area contributed by atoms with Crippen LogP contribution in [0, 0.1) is 0 Å². The summed E-state index contributed by atoms with van der Waals surface area (Å²) in [6.07, 6.45) is 2.34. The van der Waals surface area contributed by atoms with Crippen LogP contribution in [0.3, 0.4) is 0 Å². The number of benzene rings is 1. The minimum absolute atomic E-state index is 0.585. The topological polar surface area (TPSA) is 26.7 Å². The summed E-state index contributed by atoms with van der Waals surface area (Å²) in [7, 11) is 2.19. The zero-order chi connectivity index (χ0) is 13.9. The Hall–Kier alpha value is -1.06. The van der Waals surface area contributed by atoms with E-state index in [0.29, 0.717) is 6.04 Å². The zero-order valence-electron chi connectivity index (χ0n) is 12.3. The number of piperidine rings is 1. The molecule has 0 radical (unpaired) electrons. The Kier molecular flexibility index (Phi) is 4.48. The van der Waals surface area contributed by atoms with E-state index in [4.69, 9.17) is 0 Å². The Balaban J connectivity index is 1.86. The van der Waals surface area contributed by atoms with Crippen LogP contribution in [0.5, 0.6) is 0 Å². The van der Waals surface area contributed by atoms with Gasteiger partial charge in [-0.25, -0.2) is 0 Å². The maximum absolute atomic E-state index is 9.87. The fourth-order valence-electron chi connectivity index (χ4n) is 2.89. The number of β-amino-alcohol motifs (C(OH)–C–C–N with tert-alkyl or cyclic N) is 1. The first-order valence-corrected chi connectivity index (χ1v) is 7.18. The maximum Gasteiger partial charge on any atom is 0.0718 e. The van der Waals surface area contributed by atoms with Gasteiger partial charge in [0, 0.05) is 38.4 Å². The lowest BCUT2D eigenvalue weighted by Gasteiger charge is -2.39. The lowest BCUT2D eigenvalue weighted by Crippen LogP contribution is -2.47. The van der Waals surface area contributed by atoms with Crippen LogP contribution in [0.2, 0.25) is 0 Å². The molecule has 0 unspecified atom stereocenters. The zero-order valence-corrected chi connectivity index (χ0v) is 12.3. The number of anilines is 1. The molecule has 1 saturated heterocycles. The molecule has 1 aromatic carbocycles. The number of rotatable bonds is 4. The molecule has 0 aromatic heterocycles. The fourth-order valence-corrected chi connectivity index (χ4v) is 2.89. The summed E-state index contributed by atoms with van der Waals surface area (Å²) < 4.78 is 0. The Labute approximate surface area is 116 Å². The lowest BCUT2D eigenvalue weighted by atomic mass is 10.0. The molecule has 2 rings (SSSR count). The average molecular weight is 262 g/mol. The third kappa shape index (κ3) is 4.22. The first kappa shape index (κ1) is 14.4. The second-order valence-corrected chi connectivity index (χ2v) is 6.27. The van der Waals surface area contributed by atoms with Gasteiger partial charge in [-0.15, -0.1) is 0 Å². The molecular weight excluding hydrogens is 236 g/mol. The molecule has 0 amide bonds. The molecule has 1 aliphatic heterocycles. The highest BCUT2D eigenvalue weighted by Gasteiger charge is 2.25. The number of likely N-dealkylation sites (tertiary alicyclic amines) is 1. The third-order valence-electron chi connectivity index (χ3n) is 3.88. The van der Waals surface area contributed by atoms with E-state index in [0.717, 1.165) is 19.6 Å². The van der Waals surface area contributed by atoms with Gasteiger partial charge in [0.25, 0.3) is 0 Å². The van der Waals surface area contributed by atoms with E-state index in [1.807, 2.05) is 13.8 Å². The van der Waals surface area contributed by atoms with Gasteiger partial charge in [0.1, 0.15) is 0 Å². The van der Waals surface area contributed by atoms with Crippen molar-refractivity contribution < 1.29 is 5.11 Å². The monoisotopic (exact) mass is 262 g/mol. The van der Waals surface area contributed by atoms with Crippen molar-refractivity contribution in [2.75, 3.05) is 31.6 Å². The molecule has 0 bridgehead atoms. The Morgan fingerprint density at radius 3 is 2.32 bits per heavy atom. The van der Waals surface area contributed by atoms with Crippen molar-refractivity contribution >= 4 is 5.69 Å². The number of para-hydroxylation sites is 1. The summed E-state index contributed by atoms with van der Waals surface area (Å²) in [6, 6.07) is 11.2. The van der Waals surface area contributed by atoms with Gasteiger partial charge in [0.05, 0.1) is 5.60 Å². The summed E-state index contributed by atoms with van der Waals surface area (Å²) in [6.45, 7) is 6.69. The van der Waals surface area contributed by atoms with E-state index in [1.54, 1.807) is 0 Å². The molecular formula is C16H26N2O. The molecule has 1 aromatic rings. The molecule has 1 N–H and O–H groups in total. The van der Waals surface area contributed by atoms with E-state index >= 15 is 0 Å². The van der Waals surface area contributed by atoms with Crippen LogP contribution >= 0.6 is 0 Å². The van der Waals surface area contributed by atoms with Crippen molar-refractivity contribution in [2.24, 2.45) is 0 Å². The van der Waals surface area contributed by atoms with Gasteiger partial charge in [0.2, 0.25) is 0 Å². The summed E-state index contributed by atoms with van der Waals surface area (Å²) in [5.41, 5.74) is 0.710. The second kappa shape index (κ2) is 5.93. The first-order chi connectivity index (χ1) is 8.96. The van der Waals surface area contributed by atoms with Gasteiger partial charge in [-0.2, -0.15) is 0 Å². The van der Waals surface area contributed by atoms with Crippen LogP contribution < -0.4 is 4.90 Å². The molecule has 3 nitrogen and oxygen atoms in total. The quantitative estimate of drug-likeness (QED) is 0.902. The van der Waals surface area contributed by atoms with Crippen LogP contribution in [0.15, 0.2) is 30.3 Å². The molecule has 1 fully saturated rings. The van der Waals surface area contributed by atoms with Gasteiger partial charge in [-0.3, -0.25) is 0 Å². The summed E-state index contributed by atoms with van der Waals surface area (Å²) in [5, 5.41) is 9.87. The Morgan fingerprint density at radius 1 is 1.21 bits per heavy atom. The molecule has 0 spiro atoms. The van der Waals surface area contributed by atoms with Crippen molar-refractivity contribution in [3.8, 4) is 0 Å². The minimum atomic E-state index is -0.585. The van der Waals surface area contributed by atoms with Crippen molar-refractivity contribution in [1.29, 1.82) is 0 Å². The first-order valence-electron chi connectivity index (χ1n) is 7.18. The van der Waals surface area contributed by atoms with Gasteiger partial charge in [-0.1, -0.05) is 18.2 Å². The molecule has 0 aliphatic carbocycles. The van der Waals surface area contributed by atoms with E-state index in [1.165, 1.54) is 18.5 Å². The lowest BCUT2D eigenvalue weighted by molar-refractivity contribution is 0.0283. The molecule has 0 atom stereocenters. The van der Waals surface area contributed by atoms with Crippen LogP contribution in [0.25, 0.3) is 0 Å². The third-order valence-corrected chi connectivity index (χ3v) is 3.88. The summed E-state index contributed by atoms with van der Waals surface area (Å²) in [5.74, 6) is 0. The highest BCUT2D eigenvalue weighted by molar-refractivity contribution is 5.46. The standard InChI is InChI=1S/C16H26N2O/c1-16(2,19)13-18-11-9-15(10-12-18)17(3)14-7-5-4-6-8-14/h4-8,15,19H,9-13H2,1-3H3. The number of hydrogen-bond acceptors (Lipinski definition) is 3. The van der Waals surface area contributed by atoms with E-state index < -0.39 is 5.60 Å². The molecule has 3 heteroatoms. The summed E-state index contributed by atoms with van der Waals surface area (Å²) >= 11 is 0. The van der Waals surface area contributed by atoms with E-state index in [2.05, 4.69) is 47.2 Å². The molecule has 19 heavy (non-hydrogen) atoms. The average Bonchev–Trinajstić information content (AvgIpc) is 2.38. The van der Waals surface area contributed by atoms with Crippen LogP contribution in [-0.2, 0) is 0 Å². The summed E-state index contributed by atoms with van der Waals surface area (Å²) in [4.78, 5) is 4.76. The molecule has 1 heterocycles. The molecule has 1 aliphatic rings. The van der Waals surface area contributed by atoms with Gasteiger partial charge < -0.3 is 14.9 Å². The molecule has 106 valence electrons. The number of nitrogens with zero attached hydrogens (tertiary/aromatic N) is 2. The van der Waals surface area contributed by atoms with Crippen LogP contribution in [-0.4, -0.2) is 48.3 Å². The number of aliphatic hydroxyl groups is 1.